The van der Waals surface area contributed by atoms with Gasteiger partial charge >= 0.3 is 0 Å². The molecule has 0 bridgehead atoms. The van der Waals surface area contributed by atoms with Gasteiger partial charge in [0.15, 0.2) is 0 Å². The molecule has 1 atom stereocenters. The predicted octanol–water partition coefficient (Wildman–Crippen LogP) is 1.44. The van der Waals surface area contributed by atoms with Gasteiger partial charge < -0.3 is 10.2 Å². The molecule has 5 nitrogen and oxygen atoms in total. The molecule has 20 heavy (non-hydrogen) atoms. The van der Waals surface area contributed by atoms with Crippen LogP contribution in [0.15, 0.2) is 29.2 Å². The summed E-state index contributed by atoms with van der Waals surface area (Å²) < 4.78 is 25.8. The van der Waals surface area contributed by atoms with Crippen LogP contribution in [-0.2, 0) is 10.0 Å². The molecule has 0 saturated carbocycles. The minimum Gasteiger partial charge on any atom is -0.382 e. The molecule has 0 spiro atoms. The number of hydrogen-bond acceptors (Lipinski definition) is 4. The number of likely N-dealkylation sites (tertiary alicyclic amines) is 1. The Morgan fingerprint density at radius 1 is 1.35 bits per heavy atom. The molecule has 0 radical (unpaired) electrons. The minimum absolute atomic E-state index is 0.339. The van der Waals surface area contributed by atoms with Gasteiger partial charge in [-0.15, -0.1) is 0 Å². The summed E-state index contributed by atoms with van der Waals surface area (Å²) in [6, 6.07) is 7.56. The first-order chi connectivity index (χ1) is 9.43. The molecular weight excluding hydrogens is 274 g/mol. The Bertz CT molecular complexity index is 557. The summed E-state index contributed by atoms with van der Waals surface area (Å²) in [5, 5.41) is 3.30. The Morgan fingerprint density at radius 3 is 2.65 bits per heavy atom. The van der Waals surface area contributed by atoms with Crippen molar-refractivity contribution in [3.8, 4) is 0 Å². The molecule has 1 aliphatic rings. The molecule has 0 amide bonds. The number of anilines is 1. The second-order valence-electron chi connectivity index (χ2n) is 5.44. The maximum absolute atomic E-state index is 12.3. The van der Waals surface area contributed by atoms with Crippen LogP contribution in [0.3, 0.4) is 0 Å². The Morgan fingerprint density at radius 2 is 2.05 bits per heavy atom. The zero-order chi connectivity index (χ0) is 14.8. The zero-order valence-corrected chi connectivity index (χ0v) is 13.2. The number of para-hydroxylation sites is 1. The molecule has 1 fully saturated rings. The van der Waals surface area contributed by atoms with Gasteiger partial charge in [-0.2, -0.15) is 0 Å². The van der Waals surface area contributed by atoms with Gasteiger partial charge in [-0.25, -0.2) is 12.7 Å². The highest BCUT2D eigenvalue weighted by molar-refractivity contribution is 7.89. The summed E-state index contributed by atoms with van der Waals surface area (Å²) in [7, 11) is 1.81. The lowest BCUT2D eigenvalue weighted by molar-refractivity contribution is 0.322. The first kappa shape index (κ1) is 15.3. The van der Waals surface area contributed by atoms with Crippen molar-refractivity contribution in [3.63, 3.8) is 0 Å². The third-order valence-corrected chi connectivity index (χ3v) is 5.72. The fourth-order valence-corrected chi connectivity index (χ4v) is 3.56. The van der Waals surface area contributed by atoms with Gasteiger partial charge in [0, 0.05) is 26.7 Å². The van der Waals surface area contributed by atoms with Crippen LogP contribution in [0.5, 0.6) is 0 Å². The van der Waals surface area contributed by atoms with Crippen LogP contribution in [0.1, 0.15) is 12.8 Å². The molecule has 1 unspecified atom stereocenters. The molecule has 1 N–H and O–H groups in total. The number of benzene rings is 1. The van der Waals surface area contributed by atoms with Crippen LogP contribution in [-0.4, -0.2) is 57.9 Å². The monoisotopic (exact) mass is 297 g/mol. The van der Waals surface area contributed by atoms with Gasteiger partial charge in [0.05, 0.1) is 5.69 Å². The minimum atomic E-state index is -3.41. The third-order valence-electron chi connectivity index (χ3n) is 3.85. The molecule has 0 aromatic heterocycles. The van der Waals surface area contributed by atoms with Gasteiger partial charge in [0.25, 0.3) is 0 Å². The third kappa shape index (κ3) is 3.13. The second-order valence-corrected chi connectivity index (χ2v) is 7.56. The van der Waals surface area contributed by atoms with Gasteiger partial charge in [0.2, 0.25) is 10.0 Å². The fourth-order valence-electron chi connectivity index (χ4n) is 2.50. The Kier molecular flexibility index (Phi) is 4.67. The van der Waals surface area contributed by atoms with E-state index < -0.39 is 10.0 Å². The first-order valence-electron chi connectivity index (χ1n) is 6.88. The quantitative estimate of drug-likeness (QED) is 0.893. The molecule has 1 aromatic carbocycles. The lowest BCUT2D eigenvalue weighted by atomic mass is 10.2. The maximum atomic E-state index is 12.3. The average molecular weight is 297 g/mol. The van der Waals surface area contributed by atoms with E-state index in [0.717, 1.165) is 19.5 Å². The zero-order valence-electron chi connectivity index (χ0n) is 12.3. The van der Waals surface area contributed by atoms with E-state index in [0.29, 0.717) is 16.6 Å². The van der Waals surface area contributed by atoms with Crippen LogP contribution in [0, 0.1) is 0 Å². The number of rotatable bonds is 5. The average Bonchev–Trinajstić information content (AvgIpc) is 2.82. The van der Waals surface area contributed by atoms with Crippen molar-refractivity contribution in [1.82, 2.24) is 9.21 Å². The van der Waals surface area contributed by atoms with Crippen molar-refractivity contribution in [1.29, 1.82) is 0 Å². The number of hydrogen-bond donors (Lipinski definition) is 1. The van der Waals surface area contributed by atoms with E-state index in [1.165, 1.54) is 10.7 Å². The Balaban J connectivity index is 2.16. The summed E-state index contributed by atoms with van der Waals surface area (Å²) in [6.07, 6.45) is 2.37. The highest BCUT2D eigenvalue weighted by Crippen LogP contribution is 2.24. The van der Waals surface area contributed by atoms with Crippen molar-refractivity contribution in [3.05, 3.63) is 24.3 Å². The van der Waals surface area contributed by atoms with Crippen molar-refractivity contribution >= 4 is 15.7 Å². The van der Waals surface area contributed by atoms with Crippen molar-refractivity contribution in [2.75, 3.05) is 39.5 Å². The first-order valence-corrected chi connectivity index (χ1v) is 8.32. The molecule has 1 heterocycles. The standard InChI is InChI=1S/C14H23N3O2S/c1-16(2)20(18,19)14-9-5-4-8-13(14)15-11-12-7-6-10-17(12)3/h4-5,8-9,12,15H,6-7,10-11H2,1-3H3. The van der Waals surface area contributed by atoms with E-state index in [-0.39, 0.29) is 0 Å². The van der Waals surface area contributed by atoms with E-state index in [1.807, 2.05) is 12.1 Å². The van der Waals surface area contributed by atoms with Crippen LogP contribution in [0.4, 0.5) is 5.69 Å². The Labute approximate surface area is 121 Å². The molecular formula is C14H23N3O2S. The summed E-state index contributed by atoms with van der Waals surface area (Å²) in [5.74, 6) is 0. The van der Waals surface area contributed by atoms with Crippen LogP contribution in [0.25, 0.3) is 0 Å². The van der Waals surface area contributed by atoms with Crippen molar-refractivity contribution in [2.24, 2.45) is 0 Å². The van der Waals surface area contributed by atoms with E-state index in [4.69, 9.17) is 0 Å². The number of nitrogens with zero attached hydrogens (tertiary/aromatic N) is 2. The SMILES string of the molecule is CN1CCCC1CNc1ccccc1S(=O)(=O)N(C)C. The molecule has 1 aromatic rings. The van der Waals surface area contributed by atoms with Crippen LogP contribution in [0.2, 0.25) is 0 Å². The van der Waals surface area contributed by atoms with Gasteiger partial charge in [0.1, 0.15) is 4.90 Å². The van der Waals surface area contributed by atoms with Crippen molar-refractivity contribution in [2.45, 2.75) is 23.8 Å². The predicted molar refractivity (Wildman–Crippen MR) is 81.5 cm³/mol. The summed E-state index contributed by atoms with van der Waals surface area (Å²) in [6.45, 7) is 1.89. The van der Waals surface area contributed by atoms with Gasteiger partial charge in [-0.05, 0) is 38.6 Å². The lowest BCUT2D eigenvalue weighted by Crippen LogP contribution is -2.32. The van der Waals surface area contributed by atoms with E-state index in [9.17, 15) is 8.42 Å². The highest BCUT2D eigenvalue weighted by atomic mass is 32.2. The van der Waals surface area contributed by atoms with Crippen LogP contribution >= 0.6 is 0 Å². The molecule has 0 aliphatic carbocycles. The van der Waals surface area contributed by atoms with Crippen molar-refractivity contribution < 1.29 is 8.42 Å². The molecule has 2 rings (SSSR count). The topological polar surface area (TPSA) is 52.7 Å². The van der Waals surface area contributed by atoms with Gasteiger partial charge in [-0.3, -0.25) is 0 Å². The molecule has 6 heteroatoms. The van der Waals surface area contributed by atoms with Gasteiger partial charge in [-0.1, -0.05) is 12.1 Å². The van der Waals surface area contributed by atoms with E-state index >= 15 is 0 Å². The largest absolute Gasteiger partial charge is 0.382 e. The molecule has 1 saturated heterocycles. The number of nitrogens with one attached hydrogen (secondary N) is 1. The highest BCUT2D eigenvalue weighted by Gasteiger charge is 2.23. The smallest absolute Gasteiger partial charge is 0.244 e. The normalized spacial score (nSPS) is 20.5. The number of likely N-dealkylation sites (N-methyl/N-ethyl adjacent to an activating group) is 1. The molecule has 112 valence electrons. The summed E-state index contributed by atoms with van der Waals surface area (Å²) in [5.41, 5.74) is 0.682. The summed E-state index contributed by atoms with van der Waals surface area (Å²) >= 11 is 0. The van der Waals surface area contributed by atoms with E-state index in [2.05, 4.69) is 17.3 Å². The second kappa shape index (κ2) is 6.11. The molecule has 1 aliphatic heterocycles. The maximum Gasteiger partial charge on any atom is 0.244 e. The lowest BCUT2D eigenvalue weighted by Gasteiger charge is -2.22. The Hall–Kier alpha value is -1.11. The number of sulfonamides is 1. The summed E-state index contributed by atoms with van der Waals surface area (Å²) in [4.78, 5) is 2.65. The van der Waals surface area contributed by atoms with E-state index in [1.54, 1.807) is 26.2 Å². The fraction of sp³-hybridized carbons (Fsp3) is 0.571. The van der Waals surface area contributed by atoms with Crippen LogP contribution < -0.4 is 5.32 Å².